The van der Waals surface area contributed by atoms with Crippen LogP contribution in [0.25, 0.3) is 0 Å². The van der Waals surface area contributed by atoms with Crippen LogP contribution in [-0.2, 0) is 4.74 Å². The van der Waals surface area contributed by atoms with Gasteiger partial charge in [0.05, 0.1) is 4.47 Å². The van der Waals surface area contributed by atoms with Gasteiger partial charge in [-0.05, 0) is 15.9 Å². The fourth-order valence-corrected chi connectivity index (χ4v) is 1.79. The van der Waals surface area contributed by atoms with Crippen LogP contribution in [0.15, 0.2) is 32.6 Å². The van der Waals surface area contributed by atoms with E-state index in [2.05, 4.69) is 27.5 Å². The van der Waals surface area contributed by atoms with Crippen molar-refractivity contribution in [1.29, 1.82) is 0 Å². The Hall–Kier alpha value is -1.34. The Labute approximate surface area is 98.3 Å². The molecule has 1 aromatic heterocycles. The first-order valence-corrected chi connectivity index (χ1v) is 5.33. The average Bonchev–Trinajstić information content (AvgIpc) is 2.53. The lowest BCUT2D eigenvalue weighted by atomic mass is 10.2. The minimum absolute atomic E-state index is 0.222. The van der Waals surface area contributed by atoms with E-state index in [9.17, 15) is 14.7 Å². The quantitative estimate of drug-likeness (QED) is 0.767. The van der Waals surface area contributed by atoms with E-state index in [1.807, 2.05) is 0 Å². The summed E-state index contributed by atoms with van der Waals surface area (Å²) in [5.74, 6) is 0.222. The minimum Gasteiger partial charge on any atom is -0.472 e. The van der Waals surface area contributed by atoms with Crippen LogP contribution in [0.4, 0.5) is 0 Å². The van der Waals surface area contributed by atoms with Gasteiger partial charge in [0.15, 0.2) is 6.23 Å². The lowest BCUT2D eigenvalue weighted by Gasteiger charge is -2.12. The number of aliphatic hydroxyl groups excluding tert-OH is 1. The van der Waals surface area contributed by atoms with Gasteiger partial charge in [-0.15, -0.1) is 0 Å². The summed E-state index contributed by atoms with van der Waals surface area (Å²) in [6, 6.07) is 0. The van der Waals surface area contributed by atoms with Crippen LogP contribution in [0.5, 0.6) is 0 Å². The van der Waals surface area contributed by atoms with E-state index in [0.29, 0.717) is 0 Å². The van der Waals surface area contributed by atoms with Crippen molar-refractivity contribution in [2.75, 3.05) is 0 Å². The zero-order valence-corrected chi connectivity index (χ0v) is 9.73. The topological polar surface area (TPSA) is 84.3 Å². The van der Waals surface area contributed by atoms with E-state index in [1.54, 1.807) is 0 Å². The Balaban J connectivity index is 2.43. The molecule has 0 unspecified atom stereocenters. The van der Waals surface area contributed by atoms with Crippen LogP contribution in [0.2, 0.25) is 0 Å². The number of aromatic amines is 1. The summed E-state index contributed by atoms with van der Waals surface area (Å²) in [7, 11) is 0. The Morgan fingerprint density at radius 3 is 2.88 bits per heavy atom. The van der Waals surface area contributed by atoms with Crippen molar-refractivity contribution < 1.29 is 9.84 Å². The smallest absolute Gasteiger partial charge is 0.331 e. The number of nitrogens with one attached hydrogen (secondary N) is 1. The summed E-state index contributed by atoms with van der Waals surface area (Å²) in [5, 5.41) is 9.42. The number of hydrogen-bond donors (Lipinski definition) is 2. The first kappa shape index (κ1) is 11.2. The first-order chi connectivity index (χ1) is 7.49. The highest BCUT2D eigenvalue weighted by Crippen LogP contribution is 2.29. The molecular weight excluding hydrogens is 280 g/mol. The van der Waals surface area contributed by atoms with E-state index in [0.717, 1.165) is 0 Å². The molecule has 1 aliphatic rings. The summed E-state index contributed by atoms with van der Waals surface area (Å²) >= 11 is 3.01. The maximum Gasteiger partial charge on any atom is 0.331 e. The molecular formula is C9H9BrN2O4. The molecule has 0 amide bonds. The van der Waals surface area contributed by atoms with Gasteiger partial charge in [-0.25, -0.2) is 4.79 Å². The van der Waals surface area contributed by atoms with Gasteiger partial charge >= 0.3 is 5.69 Å². The molecule has 1 saturated heterocycles. The molecule has 1 aliphatic heterocycles. The number of ether oxygens (including phenoxy) is 1. The van der Waals surface area contributed by atoms with E-state index < -0.39 is 23.6 Å². The maximum atomic E-state index is 11.5. The zero-order chi connectivity index (χ0) is 11.9. The number of hydrogen-bond acceptors (Lipinski definition) is 4. The Kier molecular flexibility index (Phi) is 2.73. The van der Waals surface area contributed by atoms with Crippen LogP contribution in [0, 0.1) is 0 Å². The van der Waals surface area contributed by atoms with Gasteiger partial charge in [0, 0.05) is 12.6 Å². The lowest BCUT2D eigenvalue weighted by Crippen LogP contribution is -2.32. The second-order valence-corrected chi connectivity index (χ2v) is 4.29. The number of halogens is 1. The molecule has 0 aliphatic carbocycles. The van der Waals surface area contributed by atoms with Crippen molar-refractivity contribution in [1.82, 2.24) is 9.55 Å². The number of aromatic nitrogens is 2. The molecule has 0 saturated carbocycles. The van der Waals surface area contributed by atoms with Crippen molar-refractivity contribution in [3.8, 4) is 0 Å². The van der Waals surface area contributed by atoms with Gasteiger partial charge in [0.2, 0.25) is 0 Å². The molecule has 16 heavy (non-hydrogen) atoms. The van der Waals surface area contributed by atoms with Gasteiger partial charge in [-0.2, -0.15) is 0 Å². The molecule has 0 spiro atoms. The normalized spacial score (nSPS) is 24.5. The zero-order valence-electron chi connectivity index (χ0n) is 8.14. The van der Waals surface area contributed by atoms with Crippen LogP contribution < -0.4 is 11.2 Å². The van der Waals surface area contributed by atoms with Gasteiger partial charge in [-0.1, -0.05) is 6.58 Å². The monoisotopic (exact) mass is 288 g/mol. The van der Waals surface area contributed by atoms with Gasteiger partial charge in [-0.3, -0.25) is 14.3 Å². The summed E-state index contributed by atoms with van der Waals surface area (Å²) in [4.78, 5) is 24.7. The van der Waals surface area contributed by atoms with E-state index in [4.69, 9.17) is 4.74 Å². The molecule has 0 bridgehead atoms. The summed E-state index contributed by atoms with van der Waals surface area (Å²) in [6.07, 6.45) is 0.139. The van der Waals surface area contributed by atoms with Crippen molar-refractivity contribution >= 4 is 15.9 Å². The van der Waals surface area contributed by atoms with Crippen molar-refractivity contribution in [3.63, 3.8) is 0 Å². The fourth-order valence-electron chi connectivity index (χ4n) is 1.47. The van der Waals surface area contributed by atoms with Crippen molar-refractivity contribution in [2.24, 2.45) is 0 Å². The largest absolute Gasteiger partial charge is 0.472 e. The van der Waals surface area contributed by atoms with Crippen LogP contribution >= 0.6 is 15.9 Å². The number of rotatable bonds is 1. The molecule has 0 aromatic carbocycles. The van der Waals surface area contributed by atoms with Gasteiger partial charge in [0.1, 0.15) is 11.9 Å². The van der Waals surface area contributed by atoms with Gasteiger partial charge in [0.25, 0.3) is 5.56 Å². The van der Waals surface area contributed by atoms with Crippen LogP contribution in [-0.4, -0.2) is 20.8 Å². The van der Waals surface area contributed by atoms with Crippen molar-refractivity contribution in [3.05, 3.63) is 43.8 Å². The third-order valence-electron chi connectivity index (χ3n) is 2.32. The van der Waals surface area contributed by atoms with Crippen molar-refractivity contribution in [2.45, 2.75) is 18.8 Å². The highest BCUT2D eigenvalue weighted by Gasteiger charge is 2.30. The molecule has 2 atom stereocenters. The number of aliphatic hydroxyl groups is 1. The minimum atomic E-state index is -0.789. The molecule has 1 aromatic rings. The highest BCUT2D eigenvalue weighted by molar-refractivity contribution is 9.10. The summed E-state index contributed by atoms with van der Waals surface area (Å²) in [5.41, 5.74) is -1.08. The Morgan fingerprint density at radius 1 is 1.62 bits per heavy atom. The molecule has 86 valence electrons. The van der Waals surface area contributed by atoms with Crippen LogP contribution in [0.1, 0.15) is 12.6 Å². The molecule has 2 N–H and O–H groups in total. The predicted molar refractivity (Wildman–Crippen MR) is 58.9 cm³/mol. The SMILES string of the molecule is C=C1O[C@@H](n2cc(Br)c(=O)[nH]c2=O)C[C@@H]1O. The third-order valence-corrected chi connectivity index (χ3v) is 2.88. The average molecular weight is 289 g/mol. The first-order valence-electron chi connectivity index (χ1n) is 4.53. The second-order valence-electron chi connectivity index (χ2n) is 3.43. The Morgan fingerprint density at radius 2 is 2.31 bits per heavy atom. The predicted octanol–water partition coefficient (Wildman–Crippen LogP) is 0.0926. The summed E-state index contributed by atoms with van der Waals surface area (Å²) in [6.45, 7) is 3.51. The fraction of sp³-hybridized carbons (Fsp3) is 0.333. The molecule has 0 radical (unpaired) electrons. The molecule has 7 heteroatoms. The summed E-state index contributed by atoms with van der Waals surface area (Å²) < 4.78 is 6.64. The molecule has 6 nitrogen and oxygen atoms in total. The number of nitrogens with zero attached hydrogens (tertiary/aromatic N) is 1. The van der Waals surface area contributed by atoms with Crippen LogP contribution in [0.3, 0.4) is 0 Å². The van der Waals surface area contributed by atoms with E-state index in [1.165, 1.54) is 10.8 Å². The van der Waals surface area contributed by atoms with E-state index >= 15 is 0 Å². The molecule has 2 rings (SSSR count). The standard InChI is InChI=1S/C9H9BrN2O4/c1-4-6(13)2-7(16-4)12-3-5(10)8(14)11-9(12)15/h3,6-7,13H,1-2H2,(H,11,14,15)/t6-,7+/m0/s1. The van der Waals surface area contributed by atoms with E-state index in [-0.39, 0.29) is 16.7 Å². The number of H-pyrrole nitrogens is 1. The maximum absolute atomic E-state index is 11.5. The highest BCUT2D eigenvalue weighted by atomic mass is 79.9. The second kappa shape index (κ2) is 3.91. The molecule has 1 fully saturated rings. The van der Waals surface area contributed by atoms with Gasteiger partial charge < -0.3 is 9.84 Å². The lowest BCUT2D eigenvalue weighted by molar-refractivity contribution is 0.0932. The molecule has 2 heterocycles. The Bertz CT molecular complexity index is 547. The third kappa shape index (κ3) is 1.83.